The average Bonchev–Trinajstić information content (AvgIpc) is 3.30. The van der Waals surface area contributed by atoms with Crippen molar-refractivity contribution < 1.29 is 72.3 Å². The van der Waals surface area contributed by atoms with Gasteiger partial charge in [-0.15, -0.1) is 0 Å². The Morgan fingerprint density at radius 2 is 0.671 bits per heavy atom. The van der Waals surface area contributed by atoms with E-state index in [0.29, 0.717) is 0 Å². The topological polar surface area (TPSA) is 430 Å². The second-order valence-corrected chi connectivity index (χ2v) is 20.3. The molecule has 386 valence electrons. The molecule has 6 rings (SSSR count). The number of hydrogen-bond acceptors (Lipinski definition) is 24. The maximum atomic E-state index is 12.8. The first-order chi connectivity index (χ1) is 34.0. The van der Waals surface area contributed by atoms with Crippen molar-refractivity contribution in [2.45, 2.75) is 19.6 Å². The van der Waals surface area contributed by atoms with Crippen LogP contribution in [0, 0.1) is 0 Å². The quantitative estimate of drug-likeness (QED) is 0.0229. The number of benzene rings is 4. The summed E-state index contributed by atoms with van der Waals surface area (Å²) in [5, 5.41) is 49.9. The summed E-state index contributed by atoms with van der Waals surface area (Å²) in [5.74, 6) is -0.916. The van der Waals surface area contributed by atoms with Gasteiger partial charge in [-0.05, 0) is 83.9 Å². The summed E-state index contributed by atoms with van der Waals surface area (Å²) in [6.07, 6.45) is 2.27. The van der Waals surface area contributed by atoms with Crippen molar-refractivity contribution in [3.63, 3.8) is 0 Å². The molecule has 0 fully saturated rings. The van der Waals surface area contributed by atoms with E-state index in [9.17, 15) is 72.3 Å². The number of aromatic nitrogens is 6. The van der Waals surface area contributed by atoms with Crippen molar-refractivity contribution >= 4 is 141 Å². The third-order valence-corrected chi connectivity index (χ3v) is 13.2. The Balaban J connectivity index is 0.00000988. The molecule has 4 aromatic carbocycles. The van der Waals surface area contributed by atoms with Crippen molar-refractivity contribution in [3.05, 3.63) is 96.1 Å². The number of nitrogens with zero attached hydrogens (tertiary/aromatic N) is 8. The van der Waals surface area contributed by atoms with E-state index in [0.717, 1.165) is 48.6 Å². The fourth-order valence-electron chi connectivity index (χ4n) is 6.41. The van der Waals surface area contributed by atoms with Crippen LogP contribution in [0.3, 0.4) is 0 Å². The van der Waals surface area contributed by atoms with Crippen LogP contribution in [0.4, 0.5) is 58.4 Å². The van der Waals surface area contributed by atoms with E-state index in [1.807, 2.05) is 0 Å². The van der Waals surface area contributed by atoms with Crippen molar-refractivity contribution in [1.29, 1.82) is 0 Å². The maximum absolute atomic E-state index is 12.8. The van der Waals surface area contributed by atoms with Crippen LogP contribution in [0.1, 0.15) is 11.1 Å². The third kappa shape index (κ3) is 16.2. The molecule has 12 N–H and O–H groups in total. The van der Waals surface area contributed by atoms with Gasteiger partial charge in [-0.1, -0.05) is 24.3 Å². The molecule has 0 aliphatic heterocycles. The molecule has 0 unspecified atom stereocenters. The third-order valence-electron chi connectivity index (χ3n) is 9.65. The molecular formula is C40H45N12NaO16S4. The van der Waals surface area contributed by atoms with Gasteiger partial charge in [-0.3, -0.25) is 18.2 Å². The Bertz CT molecular complexity index is 3170. The molecule has 2 heterocycles. The zero-order valence-electron chi connectivity index (χ0n) is 36.9. The molecule has 0 amide bonds. The van der Waals surface area contributed by atoms with E-state index in [4.69, 9.17) is 0 Å². The summed E-state index contributed by atoms with van der Waals surface area (Å²) < 4.78 is 137. The number of aliphatic hydroxyl groups excluding tert-OH is 4. The van der Waals surface area contributed by atoms with Gasteiger partial charge in [0.15, 0.2) is 0 Å². The van der Waals surface area contributed by atoms with Crippen LogP contribution in [0.25, 0.3) is 12.2 Å². The van der Waals surface area contributed by atoms with Crippen LogP contribution in [0.15, 0.2) is 105 Å². The SMILES string of the molecule is O=S(=O)(O)c1ccc(Nc2nc(Nc3ccc(/C=C/c4ccc(Nc5nc(Nc6ccc(S(=O)(=O)O)cc6)nc(N(CCO)CCO)n5)cc4S(=O)(=O)O)c(S(=O)(=O)O)c3)nc(N(CCO)CCO)n2)cc1.[NaH]. The first-order valence-corrected chi connectivity index (χ1v) is 26.3. The Morgan fingerprint density at radius 1 is 0.397 bits per heavy atom. The van der Waals surface area contributed by atoms with E-state index in [1.165, 1.54) is 58.3 Å². The molecule has 2 aromatic heterocycles. The summed E-state index contributed by atoms with van der Waals surface area (Å²) in [7, 11) is -19.1. The second-order valence-electron chi connectivity index (χ2n) is 14.7. The Labute approximate surface area is 439 Å². The zero-order chi connectivity index (χ0) is 52.4. The standard InChI is InChI=1S/C40H44N12O16S4.Na.H/c53-19-15-51(16-20-54)39-47-35(41-27-7-11-31(12-8-27)69(57,58)59)45-37(49-39)43-29-5-3-25(33(23-29)71(63,64)65)1-2-26-4-6-30(24-34(26)72(66,67)68)44-38-46-36(48-40(50-38)52(17-21-55)18-22-56)42-28-9-13-32(14-10-28)70(60,61)62;;/h1-14,23-24,53-56H,15-22H2,(H,57,58,59)(H,60,61,62)(H,63,64,65)(H,66,67,68)(H2,41,43,45,47,49)(H2,42,44,46,48,50);;/b2-1+;;. The van der Waals surface area contributed by atoms with Crippen molar-refractivity contribution in [2.24, 2.45) is 0 Å². The molecular weight excluding hydrogens is 1060 g/mol. The molecule has 33 heteroatoms. The predicted molar refractivity (Wildman–Crippen MR) is 267 cm³/mol. The van der Waals surface area contributed by atoms with Gasteiger partial charge in [-0.25, -0.2) is 0 Å². The van der Waals surface area contributed by atoms with Crippen LogP contribution in [-0.4, -0.2) is 184 Å². The van der Waals surface area contributed by atoms with Gasteiger partial charge < -0.3 is 51.5 Å². The number of anilines is 10. The van der Waals surface area contributed by atoms with E-state index < -0.39 is 60.1 Å². The summed E-state index contributed by atoms with van der Waals surface area (Å²) in [4.78, 5) is 26.4. The van der Waals surface area contributed by atoms with Crippen LogP contribution in [0.2, 0.25) is 0 Å². The summed E-state index contributed by atoms with van der Waals surface area (Å²) in [5.41, 5.74) is 0.129. The van der Waals surface area contributed by atoms with Gasteiger partial charge >= 0.3 is 29.6 Å². The zero-order valence-corrected chi connectivity index (χ0v) is 40.2. The summed E-state index contributed by atoms with van der Waals surface area (Å²) in [6, 6.07) is 16.8. The molecule has 6 aromatic rings. The number of rotatable bonds is 24. The molecule has 0 saturated carbocycles. The fourth-order valence-corrected chi connectivity index (χ4v) is 8.78. The monoisotopic (exact) mass is 1100 g/mol. The normalized spacial score (nSPS) is 12.0. The van der Waals surface area contributed by atoms with Gasteiger partial charge in [0, 0.05) is 48.9 Å². The molecule has 28 nitrogen and oxygen atoms in total. The first kappa shape index (κ1) is 57.8. The molecule has 0 aliphatic rings. The second kappa shape index (κ2) is 24.8. The van der Waals surface area contributed by atoms with E-state index in [1.54, 1.807) is 0 Å². The average molecular weight is 1100 g/mol. The Morgan fingerprint density at radius 3 is 0.932 bits per heavy atom. The molecule has 0 radical (unpaired) electrons. The fraction of sp³-hybridized carbons (Fsp3) is 0.200. The number of nitrogens with one attached hydrogen (secondary N) is 4. The molecule has 0 saturated heterocycles. The van der Waals surface area contributed by atoms with Crippen LogP contribution >= 0.6 is 0 Å². The van der Waals surface area contributed by atoms with Gasteiger partial charge in [-0.2, -0.15) is 63.6 Å². The molecule has 0 spiro atoms. The summed E-state index contributed by atoms with van der Waals surface area (Å²) in [6.45, 7) is -1.69. The van der Waals surface area contributed by atoms with Crippen LogP contribution < -0.4 is 31.1 Å². The molecule has 0 bridgehead atoms. The van der Waals surface area contributed by atoms with E-state index >= 15 is 0 Å². The van der Waals surface area contributed by atoms with Crippen molar-refractivity contribution in [2.75, 3.05) is 83.7 Å². The minimum absolute atomic E-state index is 0. The van der Waals surface area contributed by atoms with Crippen LogP contribution in [0.5, 0.6) is 0 Å². The predicted octanol–water partition coefficient (Wildman–Crippen LogP) is 1.12. The molecule has 0 atom stereocenters. The van der Waals surface area contributed by atoms with Gasteiger partial charge in [0.2, 0.25) is 35.7 Å². The van der Waals surface area contributed by atoms with Crippen LogP contribution in [-0.2, 0) is 40.5 Å². The first-order valence-electron chi connectivity index (χ1n) is 20.6. The van der Waals surface area contributed by atoms with Gasteiger partial charge in [0.25, 0.3) is 40.5 Å². The van der Waals surface area contributed by atoms with Crippen molar-refractivity contribution in [3.8, 4) is 0 Å². The van der Waals surface area contributed by atoms with E-state index in [2.05, 4.69) is 51.2 Å². The minimum atomic E-state index is -5.03. The van der Waals surface area contributed by atoms with E-state index in [-0.39, 0.29) is 152 Å². The molecule has 73 heavy (non-hydrogen) atoms. The number of aliphatic hydroxyl groups is 4. The Kier molecular flexibility index (Phi) is 19.6. The van der Waals surface area contributed by atoms with Gasteiger partial charge in [0.05, 0.1) is 36.2 Å². The Hall–Kier alpha value is -6.08. The molecule has 0 aliphatic carbocycles. The van der Waals surface area contributed by atoms with Gasteiger partial charge in [0.1, 0.15) is 9.79 Å². The summed E-state index contributed by atoms with van der Waals surface area (Å²) >= 11 is 0. The number of hydrogen-bond donors (Lipinski definition) is 12. The van der Waals surface area contributed by atoms with Crippen molar-refractivity contribution in [1.82, 2.24) is 29.9 Å².